The molecule has 7 heteroatoms. The van der Waals surface area contributed by atoms with Gasteiger partial charge in [0.15, 0.2) is 6.10 Å². The van der Waals surface area contributed by atoms with E-state index >= 15 is 0 Å². The number of phenols is 1. The van der Waals surface area contributed by atoms with Gasteiger partial charge in [0.25, 0.3) is 5.91 Å². The number of nitrogens with zero attached hydrogens (tertiary/aromatic N) is 2. The molecule has 6 nitrogen and oxygen atoms in total. The fourth-order valence-electron chi connectivity index (χ4n) is 4.93. The number of carbonyl (C=O) groups is 2. The molecule has 0 aromatic heterocycles. The highest BCUT2D eigenvalue weighted by Crippen LogP contribution is 2.50. The smallest absolute Gasteiger partial charge is 0.266 e. The first kappa shape index (κ1) is 20.9. The number of hydrogen-bond donors (Lipinski definition) is 1. The molecule has 4 aromatic carbocycles. The molecule has 0 unspecified atom stereocenters. The van der Waals surface area contributed by atoms with E-state index in [9.17, 15) is 14.7 Å². The van der Waals surface area contributed by atoms with Crippen LogP contribution in [0.2, 0.25) is 0 Å². The van der Waals surface area contributed by atoms with Crippen molar-refractivity contribution in [2.45, 2.75) is 12.1 Å². The van der Waals surface area contributed by atoms with Crippen LogP contribution < -0.4 is 9.96 Å². The molecule has 0 spiro atoms. The van der Waals surface area contributed by atoms with E-state index in [1.165, 1.54) is 4.90 Å². The number of aromatic hydroxyl groups is 1. The fourth-order valence-corrected chi connectivity index (χ4v) is 5.31. The average molecular weight is 515 g/mol. The van der Waals surface area contributed by atoms with Crippen LogP contribution >= 0.6 is 15.9 Å². The van der Waals surface area contributed by atoms with Gasteiger partial charge >= 0.3 is 0 Å². The van der Waals surface area contributed by atoms with Crippen molar-refractivity contribution in [1.82, 2.24) is 0 Å². The molecular formula is C27H19BrN2O4. The minimum absolute atomic E-state index is 0.0299. The fraction of sp³-hybridized carbons (Fsp3) is 0.111. The summed E-state index contributed by atoms with van der Waals surface area (Å²) in [6, 6.07) is 26.9. The van der Waals surface area contributed by atoms with Crippen molar-refractivity contribution in [2.75, 3.05) is 9.96 Å². The molecule has 168 valence electrons. The second-order valence-electron chi connectivity index (χ2n) is 8.37. The van der Waals surface area contributed by atoms with Crippen molar-refractivity contribution in [3.8, 4) is 5.75 Å². The Morgan fingerprint density at radius 3 is 2.38 bits per heavy atom. The lowest BCUT2D eigenvalue weighted by Crippen LogP contribution is -2.37. The molecule has 2 aliphatic rings. The van der Waals surface area contributed by atoms with Crippen LogP contribution in [0.25, 0.3) is 10.8 Å². The molecule has 2 amide bonds. The molecule has 4 aromatic rings. The van der Waals surface area contributed by atoms with E-state index in [0.717, 1.165) is 15.2 Å². The molecule has 2 fully saturated rings. The number of para-hydroxylation sites is 1. The molecule has 3 atom stereocenters. The van der Waals surface area contributed by atoms with Gasteiger partial charge in [0, 0.05) is 15.4 Å². The second kappa shape index (κ2) is 7.97. The number of carbonyl (C=O) groups excluding carboxylic acids is 2. The molecule has 0 bridgehead atoms. The van der Waals surface area contributed by atoms with Crippen molar-refractivity contribution in [2.24, 2.45) is 5.92 Å². The van der Waals surface area contributed by atoms with Crippen molar-refractivity contribution in [3.05, 3.63) is 101 Å². The van der Waals surface area contributed by atoms with Crippen LogP contribution in [0.4, 0.5) is 11.4 Å². The summed E-state index contributed by atoms with van der Waals surface area (Å²) in [5, 5.41) is 14.1. The molecule has 0 aliphatic carbocycles. The molecule has 6 rings (SSSR count). The summed E-state index contributed by atoms with van der Waals surface area (Å²) in [5.74, 6) is -1.56. The minimum Gasteiger partial charge on any atom is -0.508 e. The summed E-state index contributed by atoms with van der Waals surface area (Å²) in [5.41, 5.74) is 1.74. The van der Waals surface area contributed by atoms with Crippen LogP contribution in [0.15, 0.2) is 95.5 Å². The first-order valence-electron chi connectivity index (χ1n) is 10.9. The predicted molar refractivity (Wildman–Crippen MR) is 132 cm³/mol. The monoisotopic (exact) mass is 514 g/mol. The highest BCUT2D eigenvalue weighted by molar-refractivity contribution is 9.10. The summed E-state index contributed by atoms with van der Waals surface area (Å²) >= 11 is 3.46. The first-order chi connectivity index (χ1) is 16.5. The van der Waals surface area contributed by atoms with Crippen molar-refractivity contribution in [1.29, 1.82) is 0 Å². The lowest BCUT2D eigenvalue weighted by atomic mass is 9.90. The van der Waals surface area contributed by atoms with Gasteiger partial charge in [-0.25, -0.2) is 9.96 Å². The topological polar surface area (TPSA) is 70.1 Å². The van der Waals surface area contributed by atoms with E-state index in [0.29, 0.717) is 16.9 Å². The number of rotatable bonds is 3. The molecular weight excluding hydrogens is 496 g/mol. The van der Waals surface area contributed by atoms with Gasteiger partial charge < -0.3 is 5.11 Å². The number of halogens is 1. The zero-order chi connectivity index (χ0) is 23.4. The van der Waals surface area contributed by atoms with Gasteiger partial charge in [-0.2, -0.15) is 0 Å². The average Bonchev–Trinajstić information content (AvgIpc) is 3.37. The van der Waals surface area contributed by atoms with E-state index in [4.69, 9.17) is 4.84 Å². The highest BCUT2D eigenvalue weighted by Gasteiger charge is 2.60. The molecule has 34 heavy (non-hydrogen) atoms. The highest BCUT2D eigenvalue weighted by atomic mass is 79.9. The van der Waals surface area contributed by atoms with Crippen molar-refractivity contribution >= 4 is 49.9 Å². The van der Waals surface area contributed by atoms with Gasteiger partial charge in [-0.15, -0.1) is 0 Å². The molecule has 0 radical (unpaired) electrons. The lowest BCUT2D eigenvalue weighted by Gasteiger charge is -2.29. The number of fused-ring (bicyclic) bond motifs is 2. The van der Waals surface area contributed by atoms with E-state index in [2.05, 4.69) is 15.9 Å². The van der Waals surface area contributed by atoms with Crippen LogP contribution in [0.3, 0.4) is 0 Å². The number of hydroxylamine groups is 1. The molecule has 2 saturated heterocycles. The zero-order valence-electron chi connectivity index (χ0n) is 17.8. The number of hydrogen-bond acceptors (Lipinski definition) is 5. The standard InChI is InChI=1S/C27H19BrN2O4/c28-17-13-14-22(31)20(15-17)24-23-25(34-30(24)18-9-2-1-3-10-18)27(33)29(26(23)32)21-12-6-8-16-7-4-5-11-19(16)21/h1-15,23-25,31H/t23-,24-,25+/m0/s1. The van der Waals surface area contributed by atoms with Gasteiger partial charge in [0.05, 0.1) is 17.4 Å². The maximum absolute atomic E-state index is 13.9. The Hall–Kier alpha value is -3.68. The van der Waals surface area contributed by atoms with Gasteiger partial charge in [0.1, 0.15) is 11.7 Å². The minimum atomic E-state index is -1.00. The predicted octanol–water partition coefficient (Wildman–Crippen LogP) is 5.36. The number of benzene rings is 4. The molecule has 2 aliphatic heterocycles. The summed E-state index contributed by atoms with van der Waals surface area (Å²) in [4.78, 5) is 34.9. The quantitative estimate of drug-likeness (QED) is 0.372. The van der Waals surface area contributed by atoms with Crippen LogP contribution in [0, 0.1) is 5.92 Å². The van der Waals surface area contributed by atoms with E-state index < -0.39 is 24.0 Å². The van der Waals surface area contributed by atoms with Crippen LogP contribution in [-0.4, -0.2) is 23.0 Å². The summed E-state index contributed by atoms with van der Waals surface area (Å²) in [6.07, 6.45) is -1.00. The number of phenolic OH excluding ortho intramolecular Hbond substituents is 1. The van der Waals surface area contributed by atoms with Gasteiger partial charge in [-0.05, 0) is 41.8 Å². The van der Waals surface area contributed by atoms with E-state index in [-0.39, 0.29) is 11.7 Å². The first-order valence-corrected chi connectivity index (χ1v) is 11.7. The maximum atomic E-state index is 13.9. The largest absolute Gasteiger partial charge is 0.508 e. The lowest BCUT2D eigenvalue weighted by molar-refractivity contribution is -0.126. The summed E-state index contributed by atoms with van der Waals surface area (Å²) < 4.78 is 0.749. The van der Waals surface area contributed by atoms with E-state index in [1.54, 1.807) is 29.3 Å². The molecule has 1 N–H and O–H groups in total. The summed E-state index contributed by atoms with van der Waals surface area (Å²) in [6.45, 7) is 0. The number of anilines is 2. The number of imide groups is 1. The molecule has 2 heterocycles. The third-order valence-corrected chi connectivity index (χ3v) is 6.94. The maximum Gasteiger partial charge on any atom is 0.266 e. The Morgan fingerprint density at radius 1 is 0.824 bits per heavy atom. The van der Waals surface area contributed by atoms with Crippen molar-refractivity contribution in [3.63, 3.8) is 0 Å². The normalized spacial score (nSPS) is 22.0. The van der Waals surface area contributed by atoms with Gasteiger partial charge in [-0.1, -0.05) is 70.5 Å². The molecule has 0 saturated carbocycles. The third kappa shape index (κ3) is 3.12. The second-order valence-corrected chi connectivity index (χ2v) is 9.29. The van der Waals surface area contributed by atoms with Crippen LogP contribution in [0.5, 0.6) is 5.75 Å². The van der Waals surface area contributed by atoms with E-state index in [1.807, 2.05) is 66.7 Å². The van der Waals surface area contributed by atoms with Gasteiger partial charge in [0.2, 0.25) is 5.91 Å². The Morgan fingerprint density at radius 2 is 1.56 bits per heavy atom. The Balaban J connectivity index is 1.49. The Labute approximate surface area is 204 Å². The Bertz CT molecular complexity index is 1440. The van der Waals surface area contributed by atoms with Crippen LogP contribution in [0.1, 0.15) is 11.6 Å². The SMILES string of the molecule is O=C1[C@@H]2[C@@H](ON(c3ccccc3)[C@H]2c2cc(Br)ccc2O)C(=O)N1c1cccc2ccccc12. The number of amides is 2. The Kier molecular flexibility index (Phi) is 4.90. The van der Waals surface area contributed by atoms with Crippen molar-refractivity contribution < 1.29 is 19.5 Å². The zero-order valence-corrected chi connectivity index (χ0v) is 19.4. The van der Waals surface area contributed by atoms with Crippen LogP contribution in [-0.2, 0) is 14.4 Å². The summed E-state index contributed by atoms with van der Waals surface area (Å²) in [7, 11) is 0. The van der Waals surface area contributed by atoms with Gasteiger partial charge in [-0.3, -0.25) is 14.4 Å². The third-order valence-electron chi connectivity index (χ3n) is 6.44.